The number of hydrogen-bond donors (Lipinski definition) is 1. The second-order valence-corrected chi connectivity index (χ2v) is 4.50. The van der Waals surface area contributed by atoms with Crippen LogP contribution in [0.5, 0.6) is 5.88 Å². The minimum absolute atomic E-state index is 0.251. The van der Waals surface area contributed by atoms with Gasteiger partial charge in [-0.25, -0.2) is 9.37 Å². The number of fused-ring (bicyclic) bond motifs is 1. The number of aryl methyl sites for hydroxylation is 1. The number of hydrogen-bond acceptors (Lipinski definition) is 3. The summed E-state index contributed by atoms with van der Waals surface area (Å²) in [6, 6.07) is 8.30. The molecule has 0 radical (unpaired) electrons. The first kappa shape index (κ1) is 12.6. The summed E-state index contributed by atoms with van der Waals surface area (Å²) in [6.07, 6.45) is 0. The number of halogens is 1. The lowest BCUT2D eigenvalue weighted by Crippen LogP contribution is -1.93. The molecule has 0 aliphatic rings. The zero-order valence-corrected chi connectivity index (χ0v) is 11.3. The molecule has 0 fully saturated rings. The third kappa shape index (κ3) is 2.22. The topological polar surface area (TPSA) is 50.8 Å². The van der Waals surface area contributed by atoms with Crippen LogP contribution in [0, 0.1) is 12.7 Å². The van der Waals surface area contributed by atoms with Crippen molar-refractivity contribution in [3.05, 3.63) is 41.7 Å². The van der Waals surface area contributed by atoms with Crippen molar-refractivity contribution in [2.45, 2.75) is 13.8 Å². The number of benzene rings is 1. The van der Waals surface area contributed by atoms with Gasteiger partial charge in [0.2, 0.25) is 5.88 Å². The number of aromatic nitrogens is 3. The molecule has 2 heterocycles. The third-order valence-electron chi connectivity index (χ3n) is 3.06. The second kappa shape index (κ2) is 4.92. The van der Waals surface area contributed by atoms with Crippen molar-refractivity contribution in [2.75, 3.05) is 6.61 Å². The highest BCUT2D eigenvalue weighted by molar-refractivity contribution is 5.77. The molecule has 1 aromatic carbocycles. The average molecular weight is 271 g/mol. The van der Waals surface area contributed by atoms with Crippen LogP contribution >= 0.6 is 0 Å². The van der Waals surface area contributed by atoms with Crippen LogP contribution in [0.4, 0.5) is 4.39 Å². The second-order valence-electron chi connectivity index (χ2n) is 4.50. The van der Waals surface area contributed by atoms with Crippen LogP contribution in [0.3, 0.4) is 0 Å². The number of ether oxygens (including phenoxy) is 1. The number of nitrogens with one attached hydrogen (secondary N) is 1. The van der Waals surface area contributed by atoms with Gasteiger partial charge in [0.1, 0.15) is 11.6 Å². The summed E-state index contributed by atoms with van der Waals surface area (Å²) in [5.74, 6) is 0.978. The number of imidazole rings is 1. The van der Waals surface area contributed by atoms with Crippen molar-refractivity contribution in [3.8, 4) is 17.3 Å². The van der Waals surface area contributed by atoms with Gasteiger partial charge in [-0.1, -0.05) is 0 Å². The molecule has 0 amide bonds. The molecule has 0 spiro atoms. The monoisotopic (exact) mass is 271 g/mol. The summed E-state index contributed by atoms with van der Waals surface area (Å²) in [5.41, 5.74) is 3.11. The zero-order valence-electron chi connectivity index (χ0n) is 11.3. The Balaban J connectivity index is 2.08. The van der Waals surface area contributed by atoms with Crippen LogP contribution in [-0.2, 0) is 0 Å². The van der Waals surface area contributed by atoms with Crippen LogP contribution in [-0.4, -0.2) is 21.6 Å². The van der Waals surface area contributed by atoms with Crippen LogP contribution < -0.4 is 4.74 Å². The summed E-state index contributed by atoms with van der Waals surface area (Å²) < 4.78 is 18.5. The van der Waals surface area contributed by atoms with Crippen LogP contribution in [0.2, 0.25) is 0 Å². The summed E-state index contributed by atoms with van der Waals surface area (Å²) in [7, 11) is 0. The zero-order chi connectivity index (χ0) is 14.1. The standard InChI is InChI=1S/C15H14FN3O/c1-3-20-13-7-6-12-15(18-13)19-14(17-12)11-5-4-10(16)8-9(11)2/h4-8H,3H2,1-2H3,(H,17,18,19). The van der Waals surface area contributed by atoms with E-state index < -0.39 is 0 Å². The van der Waals surface area contributed by atoms with Gasteiger partial charge < -0.3 is 9.72 Å². The smallest absolute Gasteiger partial charge is 0.215 e. The highest BCUT2D eigenvalue weighted by Gasteiger charge is 2.10. The highest BCUT2D eigenvalue weighted by atomic mass is 19.1. The van der Waals surface area contributed by atoms with Crippen molar-refractivity contribution >= 4 is 11.2 Å². The Hall–Kier alpha value is -2.43. The quantitative estimate of drug-likeness (QED) is 0.793. The fraction of sp³-hybridized carbons (Fsp3) is 0.200. The molecule has 3 aromatic rings. The molecule has 1 N–H and O–H groups in total. The molecule has 2 aromatic heterocycles. The first-order valence-corrected chi connectivity index (χ1v) is 6.43. The summed E-state index contributed by atoms with van der Waals surface area (Å²) >= 11 is 0. The van der Waals surface area contributed by atoms with E-state index in [1.807, 2.05) is 19.9 Å². The van der Waals surface area contributed by atoms with E-state index in [0.29, 0.717) is 24.0 Å². The lowest BCUT2D eigenvalue weighted by Gasteiger charge is -2.01. The predicted octanol–water partition coefficient (Wildman–Crippen LogP) is 3.47. The van der Waals surface area contributed by atoms with E-state index in [1.54, 1.807) is 12.1 Å². The molecule has 0 aliphatic heterocycles. The SMILES string of the molecule is CCOc1ccc2[nH]c(-c3ccc(F)cc3C)nc2n1. The number of aromatic amines is 1. The molecule has 0 saturated heterocycles. The molecule has 5 heteroatoms. The largest absolute Gasteiger partial charge is 0.478 e. The van der Waals surface area contributed by atoms with Crippen molar-refractivity contribution in [1.29, 1.82) is 0 Å². The number of nitrogens with zero attached hydrogens (tertiary/aromatic N) is 2. The van der Waals surface area contributed by atoms with Gasteiger partial charge in [0.15, 0.2) is 5.65 Å². The minimum Gasteiger partial charge on any atom is -0.478 e. The van der Waals surface area contributed by atoms with Crippen LogP contribution in [0.1, 0.15) is 12.5 Å². The first-order chi connectivity index (χ1) is 9.67. The van der Waals surface area contributed by atoms with E-state index in [0.717, 1.165) is 16.6 Å². The fourth-order valence-electron chi connectivity index (χ4n) is 2.12. The molecule has 0 aliphatic carbocycles. The van der Waals surface area contributed by atoms with E-state index in [1.165, 1.54) is 12.1 Å². The first-order valence-electron chi connectivity index (χ1n) is 6.43. The van der Waals surface area contributed by atoms with Gasteiger partial charge in [0.25, 0.3) is 0 Å². The molecule has 0 bridgehead atoms. The summed E-state index contributed by atoms with van der Waals surface area (Å²) in [6.45, 7) is 4.32. The van der Waals surface area contributed by atoms with Crippen molar-refractivity contribution in [3.63, 3.8) is 0 Å². The van der Waals surface area contributed by atoms with Gasteiger partial charge in [-0.15, -0.1) is 0 Å². The maximum Gasteiger partial charge on any atom is 0.215 e. The van der Waals surface area contributed by atoms with E-state index in [9.17, 15) is 4.39 Å². The van der Waals surface area contributed by atoms with Crippen molar-refractivity contribution < 1.29 is 9.13 Å². The van der Waals surface area contributed by atoms with Crippen LogP contribution in [0.25, 0.3) is 22.6 Å². The van der Waals surface area contributed by atoms with Crippen LogP contribution in [0.15, 0.2) is 30.3 Å². The third-order valence-corrected chi connectivity index (χ3v) is 3.06. The van der Waals surface area contributed by atoms with E-state index >= 15 is 0 Å². The lowest BCUT2D eigenvalue weighted by atomic mass is 10.1. The maximum absolute atomic E-state index is 13.1. The Morgan fingerprint density at radius 3 is 2.80 bits per heavy atom. The van der Waals surface area contributed by atoms with E-state index in [-0.39, 0.29) is 5.82 Å². The molecular weight excluding hydrogens is 257 g/mol. The van der Waals surface area contributed by atoms with Crippen molar-refractivity contribution in [1.82, 2.24) is 15.0 Å². The fourth-order valence-corrected chi connectivity index (χ4v) is 2.12. The molecule has 4 nitrogen and oxygen atoms in total. The Labute approximate surface area is 115 Å². The van der Waals surface area contributed by atoms with Gasteiger partial charge in [0, 0.05) is 11.6 Å². The molecule has 0 atom stereocenters. The minimum atomic E-state index is -0.251. The number of rotatable bonds is 3. The van der Waals surface area contributed by atoms with Crippen molar-refractivity contribution in [2.24, 2.45) is 0 Å². The normalized spacial score (nSPS) is 10.9. The van der Waals surface area contributed by atoms with Gasteiger partial charge in [0.05, 0.1) is 12.1 Å². The van der Waals surface area contributed by atoms with E-state index in [4.69, 9.17) is 4.74 Å². The van der Waals surface area contributed by atoms with Gasteiger partial charge in [-0.3, -0.25) is 0 Å². The summed E-state index contributed by atoms with van der Waals surface area (Å²) in [5, 5.41) is 0. The molecule has 0 saturated carbocycles. The Kier molecular flexibility index (Phi) is 3.10. The number of pyridine rings is 1. The summed E-state index contributed by atoms with van der Waals surface area (Å²) in [4.78, 5) is 12.0. The van der Waals surface area contributed by atoms with Gasteiger partial charge in [-0.2, -0.15) is 4.98 Å². The Bertz CT molecular complexity index is 767. The van der Waals surface area contributed by atoms with Gasteiger partial charge >= 0.3 is 0 Å². The Morgan fingerprint density at radius 1 is 1.20 bits per heavy atom. The average Bonchev–Trinajstić information content (AvgIpc) is 2.81. The number of H-pyrrole nitrogens is 1. The highest BCUT2D eigenvalue weighted by Crippen LogP contribution is 2.24. The van der Waals surface area contributed by atoms with Gasteiger partial charge in [-0.05, 0) is 43.7 Å². The predicted molar refractivity (Wildman–Crippen MR) is 75.2 cm³/mol. The molecule has 3 rings (SSSR count). The molecule has 0 unspecified atom stereocenters. The Morgan fingerprint density at radius 2 is 2.05 bits per heavy atom. The molecule has 20 heavy (non-hydrogen) atoms. The molecular formula is C15H14FN3O. The lowest BCUT2D eigenvalue weighted by molar-refractivity contribution is 0.328. The maximum atomic E-state index is 13.1. The van der Waals surface area contributed by atoms with E-state index in [2.05, 4.69) is 15.0 Å². The molecule has 102 valence electrons.